The molecule has 37 heavy (non-hydrogen) atoms. The van der Waals surface area contributed by atoms with Crippen LogP contribution in [-0.4, -0.2) is 31.5 Å². The molecule has 0 unspecified atom stereocenters. The number of urea groups is 1. The maximum absolute atomic E-state index is 14.0. The predicted molar refractivity (Wildman–Crippen MR) is 149 cm³/mol. The molecule has 0 spiro atoms. The van der Waals surface area contributed by atoms with Crippen molar-refractivity contribution in [2.24, 2.45) is 0 Å². The maximum atomic E-state index is 14.0. The summed E-state index contributed by atoms with van der Waals surface area (Å²) in [5.41, 5.74) is 5.74. The van der Waals surface area contributed by atoms with Crippen molar-refractivity contribution < 1.29 is 4.79 Å². The lowest BCUT2D eigenvalue weighted by atomic mass is 10.0. The number of thioether (sulfide) groups is 1. The van der Waals surface area contributed by atoms with E-state index in [-0.39, 0.29) is 12.1 Å². The van der Waals surface area contributed by atoms with Gasteiger partial charge in [0.15, 0.2) is 0 Å². The van der Waals surface area contributed by atoms with Crippen molar-refractivity contribution in [3.8, 4) is 11.5 Å². The molecule has 1 atom stereocenters. The van der Waals surface area contributed by atoms with Gasteiger partial charge in [-0.25, -0.2) is 9.48 Å². The number of benzene rings is 3. The second kappa shape index (κ2) is 9.67. The largest absolute Gasteiger partial charge is 0.322 e. The minimum absolute atomic E-state index is 0.153. The monoisotopic (exact) mass is 505 g/mol. The predicted octanol–water partition coefficient (Wildman–Crippen LogP) is 6.83. The van der Waals surface area contributed by atoms with Crippen molar-refractivity contribution in [2.45, 2.75) is 24.4 Å². The number of carbonyl (C=O) groups excluding carboxylic acids is 1. The van der Waals surface area contributed by atoms with E-state index in [9.17, 15) is 4.79 Å². The molecule has 0 radical (unpaired) electrons. The summed E-state index contributed by atoms with van der Waals surface area (Å²) in [5.74, 6) is 0.962. The molecule has 5 aromatic rings. The SMILES string of the molecule is CSc1cccc(NC(=O)N2Cc3c(C)nn(-c4ccccc4)c3-n3cccc3[C@H]2c2ccccc2)c1. The number of rotatable bonds is 4. The third-order valence-corrected chi connectivity index (χ3v) is 7.51. The Hall–Kier alpha value is -4.23. The van der Waals surface area contributed by atoms with Crippen LogP contribution in [0.15, 0.2) is 108 Å². The Morgan fingerprint density at radius 2 is 1.70 bits per heavy atom. The number of nitrogens with zero attached hydrogens (tertiary/aromatic N) is 4. The Balaban J connectivity index is 1.51. The standard InChI is InChI=1S/C30H27N5OS/c1-21-26-20-34(30(36)31-23-13-9-16-25(19-23)37-2)28(22-11-5-3-6-12-22)27-17-10-18-33(27)29(26)35(32-21)24-14-7-4-8-15-24/h3-19,28H,20H2,1-2H3,(H,31,36)/t28-/m1/s1. The van der Waals surface area contributed by atoms with Crippen LogP contribution in [0.4, 0.5) is 10.5 Å². The third kappa shape index (κ3) is 4.21. The van der Waals surface area contributed by atoms with Gasteiger partial charge in [0.2, 0.25) is 0 Å². The quantitative estimate of drug-likeness (QED) is 0.272. The number of nitrogens with one attached hydrogen (secondary N) is 1. The molecule has 6 rings (SSSR count). The first kappa shape index (κ1) is 23.2. The van der Waals surface area contributed by atoms with Crippen molar-refractivity contribution in [1.29, 1.82) is 0 Å². The molecule has 2 amide bonds. The molecule has 184 valence electrons. The van der Waals surface area contributed by atoms with Crippen molar-refractivity contribution in [3.05, 3.63) is 126 Å². The van der Waals surface area contributed by atoms with Gasteiger partial charge < -0.3 is 14.8 Å². The summed E-state index contributed by atoms with van der Waals surface area (Å²) >= 11 is 1.65. The zero-order valence-corrected chi connectivity index (χ0v) is 21.5. The van der Waals surface area contributed by atoms with E-state index in [4.69, 9.17) is 5.10 Å². The highest BCUT2D eigenvalue weighted by molar-refractivity contribution is 7.98. The molecule has 0 saturated carbocycles. The molecule has 1 aliphatic rings. The van der Waals surface area contributed by atoms with Crippen LogP contribution in [0, 0.1) is 6.92 Å². The first-order valence-corrected chi connectivity index (χ1v) is 13.4. The van der Waals surface area contributed by atoms with Gasteiger partial charge in [0, 0.05) is 22.3 Å². The van der Waals surface area contributed by atoms with Crippen LogP contribution < -0.4 is 5.32 Å². The van der Waals surface area contributed by atoms with Crippen LogP contribution in [-0.2, 0) is 6.54 Å². The molecule has 3 heterocycles. The molecule has 2 aromatic heterocycles. The van der Waals surface area contributed by atoms with Crippen molar-refractivity contribution in [2.75, 3.05) is 11.6 Å². The Labute approximate surface area is 220 Å². The fourth-order valence-electron chi connectivity index (χ4n) is 5.03. The lowest BCUT2D eigenvalue weighted by Crippen LogP contribution is -2.38. The van der Waals surface area contributed by atoms with Crippen LogP contribution in [0.3, 0.4) is 0 Å². The molecular formula is C30H27N5OS. The summed E-state index contributed by atoms with van der Waals surface area (Å²) in [6.07, 6.45) is 4.10. The van der Waals surface area contributed by atoms with Crippen LogP contribution in [0.1, 0.15) is 28.6 Å². The number of carbonyl (C=O) groups is 1. The number of aromatic nitrogens is 3. The van der Waals surface area contributed by atoms with E-state index in [1.165, 1.54) is 0 Å². The second-order valence-electron chi connectivity index (χ2n) is 9.04. The van der Waals surface area contributed by atoms with E-state index in [0.29, 0.717) is 6.54 Å². The fourth-order valence-corrected chi connectivity index (χ4v) is 5.49. The smallest absolute Gasteiger partial charge is 0.308 e. The summed E-state index contributed by atoms with van der Waals surface area (Å²) in [4.78, 5) is 17.0. The summed E-state index contributed by atoms with van der Waals surface area (Å²) < 4.78 is 4.17. The van der Waals surface area contributed by atoms with Crippen molar-refractivity contribution >= 4 is 23.5 Å². The Morgan fingerprint density at radius 3 is 2.46 bits per heavy atom. The Kier molecular flexibility index (Phi) is 6.06. The van der Waals surface area contributed by atoms with Gasteiger partial charge in [-0.2, -0.15) is 5.10 Å². The first-order valence-electron chi connectivity index (χ1n) is 12.2. The zero-order chi connectivity index (χ0) is 25.4. The third-order valence-electron chi connectivity index (χ3n) is 6.78. The maximum Gasteiger partial charge on any atom is 0.322 e. The average molecular weight is 506 g/mol. The summed E-state index contributed by atoms with van der Waals surface area (Å²) in [7, 11) is 0. The van der Waals surface area contributed by atoms with Gasteiger partial charge in [-0.15, -0.1) is 11.8 Å². The first-order chi connectivity index (χ1) is 18.1. The van der Waals surface area contributed by atoms with Gasteiger partial charge in [0.25, 0.3) is 0 Å². The van der Waals surface area contributed by atoms with Gasteiger partial charge in [-0.3, -0.25) is 0 Å². The number of aryl methyl sites for hydroxylation is 1. The topological polar surface area (TPSA) is 55.1 Å². The molecule has 0 bridgehead atoms. The Bertz CT molecular complexity index is 1560. The Morgan fingerprint density at radius 1 is 0.946 bits per heavy atom. The molecule has 0 fully saturated rings. The zero-order valence-electron chi connectivity index (χ0n) is 20.7. The highest BCUT2D eigenvalue weighted by atomic mass is 32.2. The summed E-state index contributed by atoms with van der Waals surface area (Å²) in [6, 6.07) is 32.0. The number of para-hydroxylation sites is 1. The molecule has 0 aliphatic carbocycles. The summed E-state index contributed by atoms with van der Waals surface area (Å²) in [5, 5.41) is 8.08. The molecule has 0 saturated heterocycles. The minimum Gasteiger partial charge on any atom is -0.308 e. The van der Waals surface area contributed by atoms with Gasteiger partial charge in [-0.1, -0.05) is 54.6 Å². The van der Waals surface area contributed by atoms with Crippen LogP contribution in [0.25, 0.3) is 11.5 Å². The van der Waals surface area contributed by atoms with E-state index in [1.807, 2.05) is 89.5 Å². The molecular weight excluding hydrogens is 478 g/mol. The van der Waals surface area contributed by atoms with E-state index in [2.05, 4.69) is 46.4 Å². The van der Waals surface area contributed by atoms with E-state index >= 15 is 0 Å². The van der Waals surface area contributed by atoms with Gasteiger partial charge >= 0.3 is 6.03 Å². The lowest BCUT2D eigenvalue weighted by Gasteiger charge is -2.31. The van der Waals surface area contributed by atoms with E-state index < -0.39 is 0 Å². The molecule has 7 heteroatoms. The number of anilines is 1. The second-order valence-corrected chi connectivity index (χ2v) is 9.92. The number of hydrogen-bond donors (Lipinski definition) is 1. The number of amides is 2. The van der Waals surface area contributed by atoms with Crippen LogP contribution >= 0.6 is 11.8 Å². The average Bonchev–Trinajstić information content (AvgIpc) is 3.50. The highest BCUT2D eigenvalue weighted by Crippen LogP contribution is 2.38. The van der Waals surface area contributed by atoms with Crippen molar-refractivity contribution in [1.82, 2.24) is 19.2 Å². The van der Waals surface area contributed by atoms with Crippen LogP contribution in [0.5, 0.6) is 0 Å². The van der Waals surface area contributed by atoms with Crippen molar-refractivity contribution in [3.63, 3.8) is 0 Å². The number of fused-ring (bicyclic) bond motifs is 3. The molecule has 1 N–H and O–H groups in total. The highest BCUT2D eigenvalue weighted by Gasteiger charge is 2.36. The summed E-state index contributed by atoms with van der Waals surface area (Å²) in [6.45, 7) is 2.44. The minimum atomic E-state index is -0.282. The lowest BCUT2D eigenvalue weighted by molar-refractivity contribution is 0.194. The molecule has 3 aromatic carbocycles. The van der Waals surface area contributed by atoms with Crippen LogP contribution in [0.2, 0.25) is 0 Å². The van der Waals surface area contributed by atoms with Gasteiger partial charge in [0.05, 0.1) is 29.7 Å². The normalized spacial score (nSPS) is 14.5. The van der Waals surface area contributed by atoms with Gasteiger partial charge in [-0.05, 0) is 61.2 Å². The van der Waals surface area contributed by atoms with E-state index in [0.717, 1.165) is 44.6 Å². The molecule has 1 aliphatic heterocycles. The van der Waals surface area contributed by atoms with E-state index in [1.54, 1.807) is 11.8 Å². The number of hydrogen-bond acceptors (Lipinski definition) is 3. The van der Waals surface area contributed by atoms with Gasteiger partial charge in [0.1, 0.15) is 5.82 Å². The molecule has 6 nitrogen and oxygen atoms in total. The fraction of sp³-hybridized carbons (Fsp3) is 0.133.